The summed E-state index contributed by atoms with van der Waals surface area (Å²) in [4.78, 5) is 25.1. The van der Waals surface area contributed by atoms with Crippen molar-refractivity contribution >= 4 is 23.5 Å². The lowest BCUT2D eigenvalue weighted by Crippen LogP contribution is -2.33. The molecule has 0 N–H and O–H groups in total. The topological polar surface area (TPSA) is 46.6 Å². The van der Waals surface area contributed by atoms with Crippen molar-refractivity contribution in [3.8, 4) is 0 Å². The molecule has 1 aromatic carbocycles. The molecule has 0 aromatic heterocycles. The van der Waals surface area contributed by atoms with Gasteiger partial charge in [-0.2, -0.15) is 0 Å². The van der Waals surface area contributed by atoms with Crippen LogP contribution in [0.5, 0.6) is 0 Å². The first-order valence-electron chi connectivity index (χ1n) is 6.29. The molecular formula is C14H18ClNO3. The average Bonchev–Trinajstić information content (AvgIpc) is 2.40. The van der Waals surface area contributed by atoms with Crippen molar-refractivity contribution in [2.75, 3.05) is 19.7 Å². The second-order valence-electron chi connectivity index (χ2n) is 3.92. The van der Waals surface area contributed by atoms with Gasteiger partial charge < -0.3 is 9.64 Å². The minimum Gasteiger partial charge on any atom is -0.466 e. The zero-order chi connectivity index (χ0) is 14.3. The molecule has 0 aliphatic carbocycles. The first kappa shape index (κ1) is 15.5. The zero-order valence-electron chi connectivity index (χ0n) is 11.2. The molecule has 4 nitrogen and oxygen atoms in total. The van der Waals surface area contributed by atoms with Gasteiger partial charge in [0.15, 0.2) is 0 Å². The predicted octanol–water partition coefficient (Wildman–Crippen LogP) is 2.76. The van der Waals surface area contributed by atoms with Crippen molar-refractivity contribution in [3.63, 3.8) is 0 Å². The van der Waals surface area contributed by atoms with Crippen molar-refractivity contribution in [3.05, 3.63) is 34.9 Å². The lowest BCUT2D eigenvalue weighted by Gasteiger charge is -2.21. The Hall–Kier alpha value is -1.55. The Morgan fingerprint density at radius 3 is 2.53 bits per heavy atom. The van der Waals surface area contributed by atoms with Crippen LogP contribution in [0.15, 0.2) is 24.3 Å². The Bertz CT molecular complexity index is 448. The van der Waals surface area contributed by atoms with E-state index in [1.807, 2.05) is 6.92 Å². The van der Waals surface area contributed by atoms with Crippen molar-refractivity contribution < 1.29 is 14.3 Å². The molecule has 104 valence electrons. The SMILES string of the molecule is CCOC(=O)CCN(CC)C(=O)c1ccccc1Cl. The number of hydrogen-bond donors (Lipinski definition) is 0. The summed E-state index contributed by atoms with van der Waals surface area (Å²) in [7, 11) is 0. The molecule has 0 fully saturated rings. The molecule has 0 unspecified atom stereocenters. The minimum atomic E-state index is -0.298. The smallest absolute Gasteiger partial charge is 0.307 e. The Kier molecular flexibility index (Phi) is 6.36. The summed E-state index contributed by atoms with van der Waals surface area (Å²) in [6.45, 7) is 4.82. The molecule has 19 heavy (non-hydrogen) atoms. The third-order valence-corrected chi connectivity index (χ3v) is 2.99. The van der Waals surface area contributed by atoms with E-state index in [2.05, 4.69) is 0 Å². The molecule has 0 saturated heterocycles. The van der Waals surface area contributed by atoms with Gasteiger partial charge in [-0.1, -0.05) is 23.7 Å². The summed E-state index contributed by atoms with van der Waals surface area (Å²) in [6.07, 6.45) is 0.192. The van der Waals surface area contributed by atoms with Gasteiger partial charge in [0, 0.05) is 13.1 Å². The number of carbonyl (C=O) groups is 2. The van der Waals surface area contributed by atoms with E-state index in [1.165, 1.54) is 0 Å². The summed E-state index contributed by atoms with van der Waals surface area (Å²) in [5.74, 6) is -0.467. The molecule has 0 atom stereocenters. The number of amides is 1. The first-order chi connectivity index (χ1) is 9.10. The number of carbonyl (C=O) groups excluding carboxylic acids is 2. The van der Waals surface area contributed by atoms with Crippen LogP contribution in [0, 0.1) is 0 Å². The first-order valence-corrected chi connectivity index (χ1v) is 6.67. The second-order valence-corrected chi connectivity index (χ2v) is 4.33. The lowest BCUT2D eigenvalue weighted by molar-refractivity contribution is -0.143. The third kappa shape index (κ3) is 4.56. The molecule has 5 heteroatoms. The fourth-order valence-electron chi connectivity index (χ4n) is 1.67. The maximum atomic E-state index is 12.3. The van der Waals surface area contributed by atoms with Crippen LogP contribution in [0.4, 0.5) is 0 Å². The van der Waals surface area contributed by atoms with Crippen LogP contribution < -0.4 is 0 Å². The number of ether oxygens (including phenoxy) is 1. The molecule has 0 bridgehead atoms. The van der Waals surface area contributed by atoms with E-state index in [9.17, 15) is 9.59 Å². The van der Waals surface area contributed by atoms with Crippen LogP contribution in [-0.4, -0.2) is 36.5 Å². The van der Waals surface area contributed by atoms with Crippen LogP contribution in [0.25, 0.3) is 0 Å². The fraction of sp³-hybridized carbons (Fsp3) is 0.429. The molecule has 0 spiro atoms. The van der Waals surface area contributed by atoms with E-state index < -0.39 is 0 Å². The van der Waals surface area contributed by atoms with Gasteiger partial charge in [-0.3, -0.25) is 9.59 Å². The summed E-state index contributed by atoms with van der Waals surface area (Å²) in [5.41, 5.74) is 0.454. The van der Waals surface area contributed by atoms with Crippen LogP contribution in [0.3, 0.4) is 0 Å². The molecule has 0 heterocycles. The van der Waals surface area contributed by atoms with Gasteiger partial charge in [0.25, 0.3) is 5.91 Å². The van der Waals surface area contributed by atoms with Crippen molar-refractivity contribution in [2.45, 2.75) is 20.3 Å². The van der Waals surface area contributed by atoms with Crippen LogP contribution in [0.2, 0.25) is 5.02 Å². The monoisotopic (exact) mass is 283 g/mol. The molecule has 1 amide bonds. The Morgan fingerprint density at radius 2 is 1.95 bits per heavy atom. The number of rotatable bonds is 6. The predicted molar refractivity (Wildman–Crippen MR) is 74.3 cm³/mol. The normalized spacial score (nSPS) is 10.1. The number of nitrogens with zero attached hydrogens (tertiary/aromatic N) is 1. The van der Waals surface area contributed by atoms with Crippen molar-refractivity contribution in [1.29, 1.82) is 0 Å². The molecule has 1 aromatic rings. The van der Waals surface area contributed by atoms with Crippen LogP contribution >= 0.6 is 11.6 Å². The van der Waals surface area contributed by atoms with Gasteiger partial charge in [0.2, 0.25) is 0 Å². The third-order valence-electron chi connectivity index (χ3n) is 2.66. The molecular weight excluding hydrogens is 266 g/mol. The van der Waals surface area contributed by atoms with Gasteiger partial charge in [-0.15, -0.1) is 0 Å². The van der Waals surface area contributed by atoms with Gasteiger partial charge in [0.1, 0.15) is 0 Å². The Labute approximate surface area is 118 Å². The van der Waals surface area contributed by atoms with Crippen LogP contribution in [-0.2, 0) is 9.53 Å². The lowest BCUT2D eigenvalue weighted by atomic mass is 10.2. The van der Waals surface area contributed by atoms with Crippen molar-refractivity contribution in [2.24, 2.45) is 0 Å². The van der Waals surface area contributed by atoms with E-state index >= 15 is 0 Å². The Balaban J connectivity index is 2.67. The summed E-state index contributed by atoms with van der Waals surface area (Å²) in [5, 5.41) is 0.419. The molecule has 0 aliphatic heterocycles. The number of benzene rings is 1. The summed E-state index contributed by atoms with van der Waals surface area (Å²) < 4.78 is 4.84. The van der Waals surface area contributed by atoms with E-state index in [1.54, 1.807) is 36.1 Å². The highest BCUT2D eigenvalue weighted by Gasteiger charge is 2.17. The van der Waals surface area contributed by atoms with E-state index in [0.717, 1.165) is 0 Å². The molecule has 1 rings (SSSR count). The average molecular weight is 284 g/mol. The molecule has 0 radical (unpaired) electrons. The maximum Gasteiger partial charge on any atom is 0.307 e. The molecule has 0 aliphatic rings. The molecule has 0 saturated carbocycles. The van der Waals surface area contributed by atoms with Crippen LogP contribution in [0.1, 0.15) is 30.6 Å². The number of halogens is 1. The van der Waals surface area contributed by atoms with Gasteiger partial charge in [-0.25, -0.2) is 0 Å². The summed E-state index contributed by atoms with van der Waals surface area (Å²) in [6, 6.07) is 6.89. The quantitative estimate of drug-likeness (QED) is 0.754. The highest BCUT2D eigenvalue weighted by atomic mass is 35.5. The van der Waals surface area contributed by atoms with Gasteiger partial charge in [0.05, 0.1) is 23.6 Å². The summed E-state index contributed by atoms with van der Waals surface area (Å²) >= 11 is 5.99. The second kappa shape index (κ2) is 7.79. The maximum absolute atomic E-state index is 12.3. The zero-order valence-corrected chi connectivity index (χ0v) is 11.9. The Morgan fingerprint density at radius 1 is 1.26 bits per heavy atom. The number of hydrogen-bond acceptors (Lipinski definition) is 3. The fourth-order valence-corrected chi connectivity index (χ4v) is 1.88. The minimum absolute atomic E-state index is 0.169. The number of esters is 1. The van der Waals surface area contributed by atoms with Crippen molar-refractivity contribution in [1.82, 2.24) is 4.90 Å². The standard InChI is InChI=1S/C14H18ClNO3/c1-3-16(10-9-13(17)19-4-2)14(18)11-7-5-6-8-12(11)15/h5-8H,3-4,9-10H2,1-2H3. The van der Waals surface area contributed by atoms with Gasteiger partial charge >= 0.3 is 5.97 Å². The highest BCUT2D eigenvalue weighted by molar-refractivity contribution is 6.33. The van der Waals surface area contributed by atoms with E-state index in [4.69, 9.17) is 16.3 Å². The highest BCUT2D eigenvalue weighted by Crippen LogP contribution is 2.17. The van der Waals surface area contributed by atoms with Gasteiger partial charge in [-0.05, 0) is 26.0 Å². The largest absolute Gasteiger partial charge is 0.466 e. The van der Waals surface area contributed by atoms with E-state index in [0.29, 0.717) is 30.3 Å². The van der Waals surface area contributed by atoms with E-state index in [-0.39, 0.29) is 18.3 Å².